The third kappa shape index (κ3) is 4.98. The molecule has 8 nitrogen and oxygen atoms in total. The highest BCUT2D eigenvalue weighted by Gasteiger charge is 2.37. The van der Waals surface area contributed by atoms with E-state index in [-0.39, 0.29) is 13.2 Å². The average molecular weight is 567 g/mol. The lowest BCUT2D eigenvalue weighted by Crippen LogP contribution is -2.30. The first-order valence-corrected chi connectivity index (χ1v) is 12.3. The maximum absolute atomic E-state index is 13.4. The van der Waals surface area contributed by atoms with E-state index in [1.54, 1.807) is 11.6 Å². The SMILES string of the molecule is CC1=C(C(=O)OCc2ccccc2)C(c2cc(Br)ccc2OCc2ccccc2Cl)n2nnnc2N1. The van der Waals surface area contributed by atoms with E-state index in [1.165, 1.54) is 0 Å². The number of nitrogens with one attached hydrogen (secondary N) is 1. The summed E-state index contributed by atoms with van der Waals surface area (Å²) < 4.78 is 14.3. The maximum atomic E-state index is 13.4. The van der Waals surface area contributed by atoms with Gasteiger partial charge in [0.15, 0.2) is 0 Å². The Bertz CT molecular complexity index is 1440. The lowest BCUT2D eigenvalue weighted by atomic mass is 9.95. The number of esters is 1. The number of carbonyl (C=O) groups excluding carboxylic acids is 1. The van der Waals surface area contributed by atoms with E-state index in [9.17, 15) is 4.79 Å². The highest BCUT2D eigenvalue weighted by molar-refractivity contribution is 9.10. The Morgan fingerprint density at radius 3 is 2.67 bits per heavy atom. The summed E-state index contributed by atoms with van der Waals surface area (Å²) in [6.45, 7) is 2.19. The molecule has 5 rings (SSSR count). The van der Waals surface area contributed by atoms with Gasteiger partial charge in [-0.15, -0.1) is 0 Å². The van der Waals surface area contributed by atoms with Gasteiger partial charge in [0.25, 0.3) is 0 Å². The van der Waals surface area contributed by atoms with Crippen molar-refractivity contribution in [3.8, 4) is 5.75 Å². The Morgan fingerprint density at radius 1 is 1.08 bits per heavy atom. The first-order chi connectivity index (χ1) is 17.5. The summed E-state index contributed by atoms with van der Waals surface area (Å²) in [5.74, 6) is 0.494. The van der Waals surface area contributed by atoms with Crippen LogP contribution in [0.1, 0.15) is 29.7 Å². The van der Waals surface area contributed by atoms with Crippen LogP contribution < -0.4 is 10.1 Å². The molecule has 1 aliphatic rings. The number of halogens is 2. The summed E-state index contributed by atoms with van der Waals surface area (Å²) in [4.78, 5) is 13.4. The molecule has 0 saturated heterocycles. The quantitative estimate of drug-likeness (QED) is 0.287. The second-order valence-corrected chi connectivity index (χ2v) is 9.46. The Morgan fingerprint density at radius 2 is 1.86 bits per heavy atom. The van der Waals surface area contributed by atoms with Crippen molar-refractivity contribution >= 4 is 39.4 Å². The lowest BCUT2D eigenvalue weighted by molar-refractivity contribution is -0.140. The van der Waals surface area contributed by atoms with E-state index in [4.69, 9.17) is 21.1 Å². The van der Waals surface area contributed by atoms with E-state index in [0.717, 1.165) is 15.6 Å². The molecule has 1 aromatic heterocycles. The first-order valence-electron chi connectivity index (χ1n) is 11.1. The number of fused-ring (bicyclic) bond motifs is 1. The fourth-order valence-electron chi connectivity index (χ4n) is 4.00. The standard InChI is InChI=1S/C26H21BrClN5O3/c1-16-23(25(34)36-14-17-7-3-2-4-8-17)24(33-26(29-16)30-31-32-33)20-13-19(27)11-12-22(20)35-15-18-9-5-6-10-21(18)28/h2-13,24H,14-15H2,1H3,(H,29,30,32). The number of benzene rings is 3. The minimum absolute atomic E-state index is 0.139. The molecule has 182 valence electrons. The number of carbonyl (C=O) groups is 1. The van der Waals surface area contributed by atoms with Crippen LogP contribution in [-0.4, -0.2) is 26.2 Å². The van der Waals surface area contributed by atoms with E-state index in [0.29, 0.717) is 33.6 Å². The van der Waals surface area contributed by atoms with Gasteiger partial charge in [0, 0.05) is 26.3 Å². The van der Waals surface area contributed by atoms with E-state index in [1.807, 2.05) is 72.8 Å². The second-order valence-electron chi connectivity index (χ2n) is 8.14. The zero-order valence-corrected chi connectivity index (χ0v) is 21.5. The summed E-state index contributed by atoms with van der Waals surface area (Å²) in [5, 5.41) is 15.8. The molecule has 1 aliphatic heterocycles. The van der Waals surface area contributed by atoms with Gasteiger partial charge in [-0.1, -0.05) is 81.2 Å². The molecular formula is C26H21BrClN5O3. The predicted octanol–water partition coefficient (Wildman–Crippen LogP) is 5.70. The molecule has 4 aromatic rings. The average Bonchev–Trinajstić information content (AvgIpc) is 3.35. The van der Waals surface area contributed by atoms with E-state index < -0.39 is 12.0 Å². The second kappa shape index (κ2) is 10.5. The van der Waals surface area contributed by atoms with Crippen molar-refractivity contribution in [2.75, 3.05) is 5.32 Å². The molecule has 1 unspecified atom stereocenters. The molecule has 0 fully saturated rings. The normalized spacial score (nSPS) is 14.7. The van der Waals surface area contributed by atoms with Crippen molar-refractivity contribution in [3.63, 3.8) is 0 Å². The van der Waals surface area contributed by atoms with Gasteiger partial charge in [-0.3, -0.25) is 0 Å². The van der Waals surface area contributed by atoms with Gasteiger partial charge in [0.2, 0.25) is 5.95 Å². The minimum atomic E-state index is -0.682. The van der Waals surface area contributed by atoms with Gasteiger partial charge in [-0.05, 0) is 47.2 Å². The van der Waals surface area contributed by atoms with Gasteiger partial charge >= 0.3 is 5.97 Å². The summed E-state index contributed by atoms with van der Waals surface area (Å²) >= 11 is 9.88. The molecule has 0 saturated carbocycles. The smallest absolute Gasteiger partial charge is 0.338 e. The number of anilines is 1. The molecule has 36 heavy (non-hydrogen) atoms. The third-order valence-corrected chi connectivity index (χ3v) is 6.62. The van der Waals surface area contributed by atoms with Crippen LogP contribution in [-0.2, 0) is 22.7 Å². The fraction of sp³-hybridized carbons (Fsp3) is 0.154. The Kier molecular flexibility index (Phi) is 7.02. The van der Waals surface area contributed by atoms with Gasteiger partial charge in [0.1, 0.15) is 25.0 Å². The maximum Gasteiger partial charge on any atom is 0.338 e. The van der Waals surface area contributed by atoms with Crippen LogP contribution in [0, 0.1) is 0 Å². The van der Waals surface area contributed by atoms with Crippen LogP contribution in [0.4, 0.5) is 5.95 Å². The van der Waals surface area contributed by atoms with Crippen LogP contribution in [0.25, 0.3) is 0 Å². The largest absolute Gasteiger partial charge is 0.488 e. The van der Waals surface area contributed by atoms with Gasteiger partial charge in [-0.25, -0.2) is 4.79 Å². The van der Waals surface area contributed by atoms with Crippen LogP contribution in [0.15, 0.2) is 88.5 Å². The zero-order chi connectivity index (χ0) is 25.1. The summed E-state index contributed by atoms with van der Waals surface area (Å²) in [6, 6.07) is 21.9. The molecule has 0 bridgehead atoms. The minimum Gasteiger partial charge on any atom is -0.488 e. The monoisotopic (exact) mass is 565 g/mol. The van der Waals surface area contributed by atoms with Crippen molar-refractivity contribution < 1.29 is 14.3 Å². The molecule has 10 heteroatoms. The van der Waals surface area contributed by atoms with Crippen molar-refractivity contribution in [2.24, 2.45) is 0 Å². The summed E-state index contributed by atoms with van der Waals surface area (Å²) in [5.41, 5.74) is 3.40. The predicted molar refractivity (Wildman–Crippen MR) is 138 cm³/mol. The summed E-state index contributed by atoms with van der Waals surface area (Å²) in [6.07, 6.45) is 0. The van der Waals surface area contributed by atoms with Gasteiger partial charge in [0.05, 0.1) is 5.57 Å². The molecular weight excluding hydrogens is 546 g/mol. The van der Waals surface area contributed by atoms with Crippen LogP contribution in [0.2, 0.25) is 5.02 Å². The molecule has 3 aromatic carbocycles. The molecule has 1 atom stereocenters. The van der Waals surface area contributed by atoms with Crippen molar-refractivity contribution in [2.45, 2.75) is 26.2 Å². The lowest BCUT2D eigenvalue weighted by Gasteiger charge is -2.28. The van der Waals surface area contributed by atoms with Gasteiger partial charge in [-0.2, -0.15) is 4.68 Å². The molecule has 0 amide bonds. The number of allylic oxidation sites excluding steroid dienone is 1. The van der Waals surface area contributed by atoms with E-state index >= 15 is 0 Å². The van der Waals surface area contributed by atoms with E-state index in [2.05, 4.69) is 36.8 Å². The number of nitrogens with zero attached hydrogens (tertiary/aromatic N) is 4. The summed E-state index contributed by atoms with van der Waals surface area (Å²) in [7, 11) is 0. The fourth-order valence-corrected chi connectivity index (χ4v) is 4.57. The first kappa shape index (κ1) is 24.0. The molecule has 0 spiro atoms. The zero-order valence-electron chi connectivity index (χ0n) is 19.2. The van der Waals surface area contributed by atoms with Crippen LogP contribution in [0.5, 0.6) is 5.75 Å². The Labute approximate surface area is 221 Å². The Hall–Kier alpha value is -3.69. The molecule has 0 radical (unpaired) electrons. The highest BCUT2D eigenvalue weighted by atomic mass is 79.9. The van der Waals surface area contributed by atoms with Crippen molar-refractivity contribution in [1.29, 1.82) is 0 Å². The van der Waals surface area contributed by atoms with Crippen molar-refractivity contribution in [3.05, 3.63) is 110 Å². The van der Waals surface area contributed by atoms with Gasteiger partial charge < -0.3 is 14.8 Å². The third-order valence-electron chi connectivity index (χ3n) is 5.75. The number of ether oxygens (including phenoxy) is 2. The number of tetrazole rings is 1. The number of rotatable bonds is 7. The number of hydrogen-bond acceptors (Lipinski definition) is 7. The van der Waals surface area contributed by atoms with Crippen LogP contribution >= 0.6 is 27.5 Å². The topological polar surface area (TPSA) is 91.2 Å². The number of aromatic nitrogens is 4. The Balaban J connectivity index is 1.51. The van der Waals surface area contributed by atoms with Crippen molar-refractivity contribution in [1.82, 2.24) is 20.2 Å². The molecule has 1 N–H and O–H groups in total. The molecule has 0 aliphatic carbocycles. The van der Waals surface area contributed by atoms with Crippen LogP contribution in [0.3, 0.4) is 0 Å². The molecule has 2 heterocycles. The number of hydrogen-bond donors (Lipinski definition) is 1. The highest BCUT2D eigenvalue weighted by Crippen LogP contribution is 2.40.